The van der Waals surface area contributed by atoms with Crippen LogP contribution < -0.4 is 5.32 Å². The van der Waals surface area contributed by atoms with Crippen molar-refractivity contribution in [3.63, 3.8) is 0 Å². The quantitative estimate of drug-likeness (QED) is 0.345. The SMILES string of the molecule is COC(=O)[C@H](Cc1ccc(NCc2c(Cl)cncc2Cl)cc1)N(C)C(=O)c1cccnc1Cl. The molecule has 10 heteroatoms. The van der Waals surface area contributed by atoms with E-state index in [0.717, 1.165) is 16.8 Å². The van der Waals surface area contributed by atoms with E-state index in [1.54, 1.807) is 12.1 Å². The van der Waals surface area contributed by atoms with Crippen molar-refractivity contribution >= 4 is 52.4 Å². The topological polar surface area (TPSA) is 84.4 Å². The molecule has 0 saturated heterocycles. The molecule has 0 aliphatic rings. The van der Waals surface area contributed by atoms with Gasteiger partial charge in [-0.3, -0.25) is 9.78 Å². The molecule has 0 unspecified atom stereocenters. The van der Waals surface area contributed by atoms with E-state index in [1.165, 1.54) is 37.6 Å². The smallest absolute Gasteiger partial charge is 0.328 e. The second kappa shape index (κ2) is 11.3. The third kappa shape index (κ3) is 6.13. The van der Waals surface area contributed by atoms with E-state index in [1.807, 2.05) is 24.3 Å². The molecule has 0 saturated carbocycles. The molecule has 0 bridgehead atoms. The summed E-state index contributed by atoms with van der Waals surface area (Å²) in [6.07, 6.45) is 4.83. The van der Waals surface area contributed by atoms with Crippen molar-refractivity contribution in [2.45, 2.75) is 19.0 Å². The van der Waals surface area contributed by atoms with Crippen molar-refractivity contribution in [3.8, 4) is 0 Å². The second-order valence-electron chi connectivity index (χ2n) is 7.13. The van der Waals surface area contributed by atoms with Gasteiger partial charge in [-0.1, -0.05) is 46.9 Å². The van der Waals surface area contributed by atoms with Crippen LogP contribution in [0.3, 0.4) is 0 Å². The van der Waals surface area contributed by atoms with Gasteiger partial charge in [0, 0.05) is 49.9 Å². The summed E-state index contributed by atoms with van der Waals surface area (Å²) in [6.45, 7) is 0.424. The van der Waals surface area contributed by atoms with Gasteiger partial charge in [0.15, 0.2) is 0 Å². The van der Waals surface area contributed by atoms with Gasteiger partial charge in [-0.05, 0) is 29.8 Å². The Morgan fingerprint density at radius 2 is 1.76 bits per heavy atom. The monoisotopic (exact) mass is 506 g/mol. The number of rotatable bonds is 8. The highest BCUT2D eigenvalue weighted by atomic mass is 35.5. The lowest BCUT2D eigenvalue weighted by Crippen LogP contribution is -2.44. The minimum Gasteiger partial charge on any atom is -0.467 e. The number of hydrogen-bond acceptors (Lipinski definition) is 6. The number of anilines is 1. The lowest BCUT2D eigenvalue weighted by Gasteiger charge is -2.26. The number of hydrogen-bond donors (Lipinski definition) is 1. The maximum absolute atomic E-state index is 12.9. The summed E-state index contributed by atoms with van der Waals surface area (Å²) in [5.41, 5.74) is 2.64. The van der Waals surface area contributed by atoms with Crippen LogP contribution in [0.5, 0.6) is 0 Å². The number of carbonyl (C=O) groups is 2. The Morgan fingerprint density at radius 1 is 1.09 bits per heavy atom. The van der Waals surface area contributed by atoms with Gasteiger partial charge >= 0.3 is 5.97 Å². The van der Waals surface area contributed by atoms with Crippen molar-refractivity contribution in [1.29, 1.82) is 0 Å². The number of carbonyl (C=O) groups excluding carboxylic acids is 2. The average Bonchev–Trinajstić information content (AvgIpc) is 2.82. The molecule has 3 rings (SSSR count). The number of likely N-dealkylation sites (N-methyl/N-ethyl adjacent to an activating group) is 1. The van der Waals surface area contributed by atoms with Crippen LogP contribution in [0.15, 0.2) is 55.0 Å². The fourth-order valence-corrected chi connectivity index (χ4v) is 3.87. The normalized spacial score (nSPS) is 11.5. The molecule has 33 heavy (non-hydrogen) atoms. The first kappa shape index (κ1) is 24.8. The highest BCUT2D eigenvalue weighted by Crippen LogP contribution is 2.24. The van der Waals surface area contributed by atoms with Crippen molar-refractivity contribution < 1.29 is 14.3 Å². The van der Waals surface area contributed by atoms with Crippen LogP contribution in [0.2, 0.25) is 15.2 Å². The highest BCUT2D eigenvalue weighted by Gasteiger charge is 2.29. The standard InChI is InChI=1S/C23H21Cl3N4O3/c1-30(22(31)16-4-3-9-28-21(16)26)20(23(32)33-2)10-14-5-7-15(8-6-14)29-11-17-18(24)12-27-13-19(17)25/h3-9,12-13,20,29H,10-11H2,1-2H3/t20-/m0/s1. The summed E-state index contributed by atoms with van der Waals surface area (Å²) in [5, 5.41) is 4.28. The molecule has 0 spiro atoms. The fraction of sp³-hybridized carbons (Fsp3) is 0.217. The van der Waals surface area contributed by atoms with E-state index in [0.29, 0.717) is 16.6 Å². The average molecular weight is 508 g/mol. The van der Waals surface area contributed by atoms with Crippen LogP contribution in [0.1, 0.15) is 21.5 Å². The van der Waals surface area contributed by atoms with Crippen molar-refractivity contribution in [1.82, 2.24) is 14.9 Å². The fourth-order valence-electron chi connectivity index (χ4n) is 3.17. The zero-order chi connectivity index (χ0) is 24.0. The molecule has 172 valence electrons. The summed E-state index contributed by atoms with van der Waals surface area (Å²) in [6, 6.07) is 9.79. The lowest BCUT2D eigenvalue weighted by molar-refractivity contribution is -0.145. The van der Waals surface area contributed by atoms with Crippen molar-refractivity contribution in [2.75, 3.05) is 19.5 Å². The van der Waals surface area contributed by atoms with Gasteiger partial charge in [-0.25, -0.2) is 9.78 Å². The third-order valence-corrected chi connectivity index (χ3v) is 6.01. The van der Waals surface area contributed by atoms with Gasteiger partial charge in [0.1, 0.15) is 11.2 Å². The van der Waals surface area contributed by atoms with Crippen LogP contribution in [0.25, 0.3) is 0 Å². The predicted molar refractivity (Wildman–Crippen MR) is 129 cm³/mol. The molecule has 0 radical (unpaired) electrons. The van der Waals surface area contributed by atoms with E-state index in [2.05, 4.69) is 15.3 Å². The molecule has 1 amide bonds. The number of halogens is 3. The largest absolute Gasteiger partial charge is 0.467 e. The Labute approximate surface area is 206 Å². The number of esters is 1. The van der Waals surface area contributed by atoms with Gasteiger partial charge in [0.2, 0.25) is 0 Å². The van der Waals surface area contributed by atoms with Crippen LogP contribution >= 0.6 is 34.8 Å². The third-order valence-electron chi connectivity index (χ3n) is 5.06. The van der Waals surface area contributed by atoms with Gasteiger partial charge in [0.05, 0.1) is 22.7 Å². The lowest BCUT2D eigenvalue weighted by atomic mass is 10.0. The molecule has 7 nitrogen and oxygen atoms in total. The second-order valence-corrected chi connectivity index (χ2v) is 8.31. The van der Waals surface area contributed by atoms with E-state index in [-0.39, 0.29) is 17.1 Å². The van der Waals surface area contributed by atoms with E-state index >= 15 is 0 Å². The van der Waals surface area contributed by atoms with Gasteiger partial charge < -0.3 is 15.0 Å². The summed E-state index contributed by atoms with van der Waals surface area (Å²) in [4.78, 5) is 34.5. The maximum Gasteiger partial charge on any atom is 0.328 e. The molecule has 2 heterocycles. The number of benzene rings is 1. The number of pyridine rings is 2. The minimum atomic E-state index is -0.841. The first-order chi connectivity index (χ1) is 15.8. The molecular weight excluding hydrogens is 487 g/mol. The molecule has 2 aromatic heterocycles. The van der Waals surface area contributed by atoms with Crippen LogP contribution in [0, 0.1) is 0 Å². The summed E-state index contributed by atoms with van der Waals surface area (Å²) in [7, 11) is 2.82. The molecular formula is C23H21Cl3N4O3. The molecule has 0 aliphatic heterocycles. The Balaban J connectivity index is 1.71. The van der Waals surface area contributed by atoms with Crippen LogP contribution in [0.4, 0.5) is 5.69 Å². The summed E-state index contributed by atoms with van der Waals surface area (Å²) in [5.74, 6) is -0.956. The molecule has 1 atom stereocenters. The number of ether oxygens (including phenoxy) is 1. The Bertz CT molecular complexity index is 1120. The molecule has 0 fully saturated rings. The predicted octanol–water partition coefficient (Wildman–Crippen LogP) is 4.91. The molecule has 0 aliphatic carbocycles. The zero-order valence-corrected chi connectivity index (χ0v) is 20.2. The van der Waals surface area contributed by atoms with Crippen molar-refractivity contribution in [2.24, 2.45) is 0 Å². The first-order valence-corrected chi connectivity index (χ1v) is 11.0. The summed E-state index contributed by atoms with van der Waals surface area (Å²) < 4.78 is 4.93. The Kier molecular flexibility index (Phi) is 8.49. The van der Waals surface area contributed by atoms with E-state index in [9.17, 15) is 9.59 Å². The zero-order valence-electron chi connectivity index (χ0n) is 17.9. The van der Waals surface area contributed by atoms with Crippen LogP contribution in [-0.2, 0) is 22.5 Å². The van der Waals surface area contributed by atoms with Crippen molar-refractivity contribution in [3.05, 3.63) is 86.9 Å². The number of nitrogens with one attached hydrogen (secondary N) is 1. The van der Waals surface area contributed by atoms with Gasteiger partial charge in [0.25, 0.3) is 5.91 Å². The number of methoxy groups -OCH3 is 1. The first-order valence-electron chi connectivity index (χ1n) is 9.88. The number of nitrogens with zero attached hydrogens (tertiary/aromatic N) is 3. The highest BCUT2D eigenvalue weighted by molar-refractivity contribution is 6.35. The van der Waals surface area contributed by atoms with E-state index < -0.39 is 17.9 Å². The maximum atomic E-state index is 12.9. The Morgan fingerprint density at radius 3 is 2.36 bits per heavy atom. The van der Waals surface area contributed by atoms with Gasteiger partial charge in [-0.15, -0.1) is 0 Å². The molecule has 1 N–H and O–H groups in total. The van der Waals surface area contributed by atoms with Crippen LogP contribution in [-0.4, -0.2) is 46.9 Å². The molecule has 3 aromatic rings. The van der Waals surface area contributed by atoms with E-state index in [4.69, 9.17) is 39.5 Å². The minimum absolute atomic E-state index is 0.0720. The number of amides is 1. The molecule has 1 aromatic carbocycles. The van der Waals surface area contributed by atoms with Gasteiger partial charge in [-0.2, -0.15) is 0 Å². The Hall–Kier alpha value is -2.87. The summed E-state index contributed by atoms with van der Waals surface area (Å²) >= 11 is 18.4. The number of aromatic nitrogens is 2.